The number of carbonyl (C=O) groups is 2. The lowest BCUT2D eigenvalue weighted by molar-refractivity contribution is -0.123. The second kappa shape index (κ2) is 5.05. The number of fused-ring (bicyclic) bond motifs is 5. The van der Waals surface area contributed by atoms with E-state index >= 15 is 0 Å². The lowest BCUT2D eigenvalue weighted by Gasteiger charge is -2.19. The average Bonchev–Trinajstić information content (AvgIpc) is 3.18. The molecule has 0 aromatic heterocycles. The summed E-state index contributed by atoms with van der Waals surface area (Å²) in [5, 5.41) is 0. The highest BCUT2D eigenvalue weighted by Gasteiger charge is 2.63. The minimum Gasteiger partial charge on any atom is -0.274 e. The van der Waals surface area contributed by atoms with E-state index in [1.165, 1.54) is 21.6 Å². The number of anilines is 1. The van der Waals surface area contributed by atoms with Gasteiger partial charge >= 0.3 is 0 Å². The highest BCUT2D eigenvalue weighted by atomic mass is 16.2. The van der Waals surface area contributed by atoms with Crippen LogP contribution in [0.3, 0.4) is 0 Å². The van der Waals surface area contributed by atoms with E-state index in [-0.39, 0.29) is 23.7 Å². The molecule has 3 nitrogen and oxygen atoms in total. The Morgan fingerprint density at radius 3 is 1.96 bits per heavy atom. The molecule has 3 fully saturated rings. The van der Waals surface area contributed by atoms with E-state index in [0.717, 1.165) is 24.9 Å². The van der Waals surface area contributed by atoms with E-state index in [4.69, 9.17) is 0 Å². The van der Waals surface area contributed by atoms with Gasteiger partial charge in [-0.1, -0.05) is 30.2 Å². The molecule has 3 heteroatoms. The molecule has 1 aliphatic heterocycles. The summed E-state index contributed by atoms with van der Waals surface area (Å²) >= 11 is 0. The summed E-state index contributed by atoms with van der Waals surface area (Å²) in [5.74, 6) is 0.414. The zero-order valence-corrected chi connectivity index (χ0v) is 14.0. The first kappa shape index (κ1) is 14.7. The number of carbonyl (C=O) groups excluding carboxylic acids is 2. The van der Waals surface area contributed by atoms with Crippen molar-refractivity contribution in [1.29, 1.82) is 0 Å². The van der Waals surface area contributed by atoms with Crippen LogP contribution in [0.4, 0.5) is 5.69 Å². The number of allylic oxidation sites excluding steroid dienone is 2. The third kappa shape index (κ3) is 1.89. The summed E-state index contributed by atoms with van der Waals surface area (Å²) in [6.45, 7) is 6.35. The monoisotopic (exact) mass is 309 g/mol. The van der Waals surface area contributed by atoms with Gasteiger partial charge < -0.3 is 0 Å². The molecule has 23 heavy (non-hydrogen) atoms. The number of nitrogens with zero attached hydrogens (tertiary/aromatic N) is 1. The fourth-order valence-corrected chi connectivity index (χ4v) is 5.13. The van der Waals surface area contributed by atoms with E-state index in [9.17, 15) is 9.59 Å². The van der Waals surface area contributed by atoms with Gasteiger partial charge in [0.15, 0.2) is 0 Å². The van der Waals surface area contributed by atoms with Gasteiger partial charge in [-0.05, 0) is 62.6 Å². The standard InChI is InChI=1S/C20H23NO2/c1-4-12-5-7-13(8-6-12)21-19(22)17-14-9-10-15(16(14)11(2)3)18(17)20(21)23/h5-8,14-15,17-18H,4,9-10H2,1-3H3/t14-,15-,17-,18+/m1/s1. The van der Waals surface area contributed by atoms with Crippen LogP contribution in [0.15, 0.2) is 35.4 Å². The van der Waals surface area contributed by atoms with Gasteiger partial charge in [0.05, 0.1) is 17.5 Å². The topological polar surface area (TPSA) is 37.4 Å². The number of amides is 2. The number of aryl methyl sites for hydroxylation is 1. The van der Waals surface area contributed by atoms with Crippen LogP contribution in [0.1, 0.15) is 39.2 Å². The summed E-state index contributed by atoms with van der Waals surface area (Å²) in [5.41, 5.74) is 4.68. The maximum Gasteiger partial charge on any atom is 0.238 e. The quantitative estimate of drug-likeness (QED) is 0.616. The molecule has 1 aromatic rings. The Hall–Kier alpha value is -1.90. The molecule has 1 aromatic carbocycles. The molecule has 1 heterocycles. The van der Waals surface area contributed by atoms with Gasteiger partial charge in [-0.25, -0.2) is 0 Å². The van der Waals surface area contributed by atoms with Gasteiger partial charge in [0, 0.05) is 0 Å². The molecule has 0 radical (unpaired) electrons. The van der Waals surface area contributed by atoms with E-state index in [1.807, 2.05) is 24.3 Å². The minimum absolute atomic E-state index is 0.0233. The summed E-state index contributed by atoms with van der Waals surface area (Å²) in [6, 6.07) is 7.86. The van der Waals surface area contributed by atoms with Crippen LogP contribution in [0.2, 0.25) is 0 Å². The van der Waals surface area contributed by atoms with Crippen molar-refractivity contribution >= 4 is 17.5 Å². The van der Waals surface area contributed by atoms with E-state index in [2.05, 4.69) is 20.8 Å². The molecule has 4 rings (SSSR count). The Morgan fingerprint density at radius 1 is 1.00 bits per heavy atom. The molecule has 1 saturated heterocycles. The predicted octanol–water partition coefficient (Wildman–Crippen LogP) is 3.73. The van der Waals surface area contributed by atoms with Gasteiger partial charge in [0.2, 0.25) is 11.8 Å². The molecule has 2 aliphatic carbocycles. The van der Waals surface area contributed by atoms with Gasteiger partial charge in [-0.15, -0.1) is 0 Å². The molecule has 0 unspecified atom stereocenters. The van der Waals surface area contributed by atoms with Crippen LogP contribution in [0.5, 0.6) is 0 Å². The van der Waals surface area contributed by atoms with Crippen LogP contribution in [0.25, 0.3) is 0 Å². The zero-order valence-electron chi connectivity index (χ0n) is 14.0. The van der Waals surface area contributed by atoms with Crippen molar-refractivity contribution in [2.24, 2.45) is 23.7 Å². The lowest BCUT2D eigenvalue weighted by atomic mass is 9.81. The molecule has 4 atom stereocenters. The van der Waals surface area contributed by atoms with Gasteiger partial charge in [-0.3, -0.25) is 14.5 Å². The normalized spacial score (nSPS) is 32.0. The fraction of sp³-hybridized carbons (Fsp3) is 0.500. The number of hydrogen-bond acceptors (Lipinski definition) is 2. The van der Waals surface area contributed by atoms with Crippen molar-refractivity contribution < 1.29 is 9.59 Å². The number of rotatable bonds is 2. The van der Waals surface area contributed by atoms with Crippen molar-refractivity contribution in [3.05, 3.63) is 41.0 Å². The lowest BCUT2D eigenvalue weighted by Crippen LogP contribution is -2.33. The summed E-state index contributed by atoms with van der Waals surface area (Å²) in [6.07, 6.45) is 3.09. The van der Waals surface area contributed by atoms with Crippen molar-refractivity contribution in [2.75, 3.05) is 4.90 Å². The van der Waals surface area contributed by atoms with E-state index < -0.39 is 0 Å². The van der Waals surface area contributed by atoms with Crippen molar-refractivity contribution in [3.63, 3.8) is 0 Å². The maximum absolute atomic E-state index is 13.0. The molecule has 2 bridgehead atoms. The highest BCUT2D eigenvalue weighted by Crippen LogP contribution is 2.60. The van der Waals surface area contributed by atoms with Crippen LogP contribution >= 0.6 is 0 Å². The van der Waals surface area contributed by atoms with Gasteiger partial charge in [-0.2, -0.15) is 0 Å². The summed E-state index contributed by atoms with van der Waals surface area (Å²) in [7, 11) is 0. The van der Waals surface area contributed by atoms with Crippen molar-refractivity contribution in [2.45, 2.75) is 40.0 Å². The van der Waals surface area contributed by atoms with Crippen LogP contribution < -0.4 is 4.90 Å². The molecule has 0 N–H and O–H groups in total. The van der Waals surface area contributed by atoms with Crippen molar-refractivity contribution in [3.8, 4) is 0 Å². The predicted molar refractivity (Wildman–Crippen MR) is 89.9 cm³/mol. The second-order valence-electron chi connectivity index (χ2n) is 7.33. The first-order chi connectivity index (χ1) is 11.0. The molecule has 0 spiro atoms. The number of hydrogen-bond donors (Lipinski definition) is 0. The zero-order chi connectivity index (χ0) is 16.3. The minimum atomic E-state index is -0.114. The van der Waals surface area contributed by atoms with Crippen LogP contribution in [-0.4, -0.2) is 11.8 Å². The van der Waals surface area contributed by atoms with Gasteiger partial charge in [0.1, 0.15) is 0 Å². The molecule has 3 aliphatic rings. The Morgan fingerprint density at radius 2 is 1.52 bits per heavy atom. The maximum atomic E-state index is 13.0. The number of benzene rings is 1. The smallest absolute Gasteiger partial charge is 0.238 e. The molecule has 2 saturated carbocycles. The molecular weight excluding hydrogens is 286 g/mol. The average molecular weight is 309 g/mol. The van der Waals surface area contributed by atoms with Crippen LogP contribution in [-0.2, 0) is 16.0 Å². The van der Waals surface area contributed by atoms with E-state index in [0.29, 0.717) is 11.8 Å². The third-order valence-electron chi connectivity index (χ3n) is 6.03. The Kier molecular flexibility index (Phi) is 3.22. The largest absolute Gasteiger partial charge is 0.274 e. The Balaban J connectivity index is 1.71. The molecular formula is C20H23NO2. The summed E-state index contributed by atoms with van der Waals surface area (Å²) < 4.78 is 0. The summed E-state index contributed by atoms with van der Waals surface area (Å²) in [4.78, 5) is 27.4. The third-order valence-corrected chi connectivity index (χ3v) is 6.03. The highest BCUT2D eigenvalue weighted by molar-refractivity contribution is 6.23. The Bertz CT molecular complexity index is 680. The van der Waals surface area contributed by atoms with Crippen LogP contribution in [0, 0.1) is 23.7 Å². The molecule has 120 valence electrons. The SMILES string of the molecule is CCc1ccc(N2C(=O)[C@@H]3[C@H](C2=O)[C@@H]2CC[C@@H]3C2=C(C)C)cc1. The van der Waals surface area contributed by atoms with E-state index in [1.54, 1.807) is 0 Å². The number of imide groups is 1. The fourth-order valence-electron chi connectivity index (χ4n) is 5.13. The van der Waals surface area contributed by atoms with Crippen molar-refractivity contribution in [1.82, 2.24) is 0 Å². The van der Waals surface area contributed by atoms with Gasteiger partial charge in [0.25, 0.3) is 0 Å². The first-order valence-corrected chi connectivity index (χ1v) is 8.68. The molecule has 2 amide bonds. The Labute approximate surface area is 137 Å². The second-order valence-corrected chi connectivity index (χ2v) is 7.33. The first-order valence-electron chi connectivity index (χ1n) is 8.68.